The number of nitrogens with zero attached hydrogens (tertiary/aromatic N) is 1. The number of H-pyrrole nitrogens is 1. The quantitative estimate of drug-likeness (QED) is 0.402. The molecule has 4 atom stereocenters. The normalized spacial score (nSPS) is 28.9. The van der Waals surface area contributed by atoms with Crippen LogP contribution in [0.3, 0.4) is 0 Å². The van der Waals surface area contributed by atoms with Gasteiger partial charge in [0.15, 0.2) is 17.6 Å². The Kier molecular flexibility index (Phi) is 4.13. The van der Waals surface area contributed by atoms with E-state index >= 15 is 0 Å². The largest absolute Gasteiger partial charge is 0.504 e. The summed E-state index contributed by atoms with van der Waals surface area (Å²) in [6.07, 6.45) is 2.39. The van der Waals surface area contributed by atoms with Gasteiger partial charge in [-0.15, -0.1) is 0 Å². The Morgan fingerprint density at radius 3 is 2.81 bits per heavy atom. The third kappa shape index (κ3) is 2.56. The molecule has 2 bridgehead atoms. The van der Waals surface area contributed by atoms with Crippen LogP contribution in [-0.4, -0.2) is 46.1 Å². The summed E-state index contributed by atoms with van der Waals surface area (Å²) in [5, 5.41) is 15.8. The maximum Gasteiger partial charge on any atom is 0.224 e. The van der Waals surface area contributed by atoms with Crippen molar-refractivity contribution in [3.05, 3.63) is 94.7 Å². The van der Waals surface area contributed by atoms with Crippen molar-refractivity contribution in [2.75, 3.05) is 13.6 Å². The van der Waals surface area contributed by atoms with Crippen molar-refractivity contribution >= 4 is 16.8 Å². The minimum Gasteiger partial charge on any atom is -0.504 e. The van der Waals surface area contributed by atoms with E-state index in [-0.39, 0.29) is 23.8 Å². The first-order chi connectivity index (χ1) is 18.0. The number of carbonyl (C=O) groups is 1. The van der Waals surface area contributed by atoms with E-state index in [1.165, 1.54) is 16.5 Å². The summed E-state index contributed by atoms with van der Waals surface area (Å²) in [6.45, 7) is 0.908. The van der Waals surface area contributed by atoms with Crippen LogP contribution in [0.1, 0.15) is 40.5 Å². The van der Waals surface area contributed by atoms with Gasteiger partial charge in [0.05, 0.1) is 23.1 Å². The maximum absolute atomic E-state index is 13.9. The van der Waals surface area contributed by atoms with E-state index in [1.807, 2.05) is 36.4 Å². The molecule has 1 aromatic heterocycles. The molecular formula is C31H29N3O3. The van der Waals surface area contributed by atoms with Crippen LogP contribution in [0.4, 0.5) is 0 Å². The maximum atomic E-state index is 13.9. The number of phenols is 1. The minimum absolute atomic E-state index is 0.0324. The fourth-order valence-corrected chi connectivity index (χ4v) is 8.21. The molecule has 2 aliphatic heterocycles. The molecule has 37 heavy (non-hydrogen) atoms. The Morgan fingerprint density at radius 1 is 1.14 bits per heavy atom. The number of carbonyl (C=O) groups excluding carboxylic acids is 1. The average molecular weight is 492 g/mol. The summed E-state index contributed by atoms with van der Waals surface area (Å²) in [6, 6.07) is 22.3. The second-order valence-electron chi connectivity index (χ2n) is 11.3. The minimum atomic E-state index is -0.569. The Hall–Kier alpha value is -3.77. The highest BCUT2D eigenvalue weighted by Crippen LogP contribution is 2.68. The number of phenolic OH excluding ortho intramolecular Hbond substituents is 1. The number of para-hydroxylation sites is 1. The van der Waals surface area contributed by atoms with Crippen LogP contribution >= 0.6 is 0 Å². The highest BCUT2D eigenvalue weighted by atomic mass is 16.5. The second-order valence-corrected chi connectivity index (χ2v) is 11.3. The lowest BCUT2D eigenvalue weighted by Crippen LogP contribution is -2.80. The predicted molar refractivity (Wildman–Crippen MR) is 141 cm³/mol. The van der Waals surface area contributed by atoms with Gasteiger partial charge in [-0.3, -0.25) is 4.79 Å². The average Bonchev–Trinajstić information content (AvgIpc) is 3.44. The van der Waals surface area contributed by atoms with E-state index in [0.717, 1.165) is 48.1 Å². The zero-order valence-electron chi connectivity index (χ0n) is 20.8. The molecule has 1 fully saturated rings. The first-order valence-electron chi connectivity index (χ1n) is 13.2. The lowest BCUT2D eigenvalue weighted by molar-refractivity contribution is -0.130. The molecule has 2 aliphatic carbocycles. The van der Waals surface area contributed by atoms with Crippen molar-refractivity contribution in [2.45, 2.75) is 48.8 Å². The SMILES string of the molecule is CN1CC[C@]23c4c5ccc(O)c4O[C@H]2c2[nH]c4ccccc4c2C[C@@]3(NC(=O)Cc2ccccc2)C1C5. The molecule has 3 N–H and O–H groups in total. The van der Waals surface area contributed by atoms with Gasteiger partial charge < -0.3 is 25.0 Å². The van der Waals surface area contributed by atoms with Crippen LogP contribution in [0.25, 0.3) is 10.9 Å². The molecule has 0 radical (unpaired) electrons. The lowest BCUT2D eigenvalue weighted by atomic mass is 9.47. The smallest absolute Gasteiger partial charge is 0.224 e. The van der Waals surface area contributed by atoms with Crippen molar-refractivity contribution in [1.82, 2.24) is 15.2 Å². The van der Waals surface area contributed by atoms with Crippen molar-refractivity contribution < 1.29 is 14.6 Å². The number of aromatic amines is 1. The first kappa shape index (κ1) is 21.3. The van der Waals surface area contributed by atoms with Crippen molar-refractivity contribution in [3.63, 3.8) is 0 Å². The van der Waals surface area contributed by atoms with Crippen molar-refractivity contribution in [2.24, 2.45) is 0 Å². The summed E-state index contributed by atoms with van der Waals surface area (Å²) >= 11 is 0. The Balaban J connectivity index is 1.38. The number of benzene rings is 3. The highest BCUT2D eigenvalue weighted by molar-refractivity contribution is 5.87. The zero-order chi connectivity index (χ0) is 24.9. The number of aromatic nitrogens is 1. The zero-order valence-corrected chi connectivity index (χ0v) is 20.8. The van der Waals surface area contributed by atoms with Gasteiger partial charge in [-0.2, -0.15) is 0 Å². The monoisotopic (exact) mass is 491 g/mol. The molecule has 4 aliphatic rings. The fourth-order valence-electron chi connectivity index (χ4n) is 8.21. The number of hydrogen-bond acceptors (Lipinski definition) is 4. The standard InChI is InChI=1S/C31H29N3O3/c1-34-14-13-30-26-19-11-12-23(35)28(26)37-29(30)27-21(20-9-5-6-10-22(20)32-27)17-31(30,24(34)16-19)33-25(36)15-18-7-3-2-4-8-18/h2-12,24,29,32,35H,13-17H2,1H3,(H,33,36)/t24?,29-,30-,31+/m0/s1. The summed E-state index contributed by atoms with van der Waals surface area (Å²) in [5.41, 5.74) is 5.68. The molecule has 0 saturated carbocycles. The number of aromatic hydroxyl groups is 1. The summed E-state index contributed by atoms with van der Waals surface area (Å²) in [4.78, 5) is 20.0. The van der Waals surface area contributed by atoms with E-state index in [1.54, 1.807) is 6.07 Å². The Labute approximate surface area is 215 Å². The topological polar surface area (TPSA) is 77.6 Å². The molecule has 6 nitrogen and oxygen atoms in total. The Bertz CT molecular complexity index is 1590. The van der Waals surface area contributed by atoms with Gasteiger partial charge in [0.25, 0.3) is 0 Å². The van der Waals surface area contributed by atoms with Crippen molar-refractivity contribution in [3.8, 4) is 11.5 Å². The van der Waals surface area contributed by atoms with E-state index in [4.69, 9.17) is 4.74 Å². The molecule has 1 saturated heterocycles. The van der Waals surface area contributed by atoms with Gasteiger partial charge in [0.1, 0.15) is 0 Å². The third-order valence-electron chi connectivity index (χ3n) is 9.66. The number of hydrogen-bond donors (Lipinski definition) is 3. The molecule has 3 aromatic carbocycles. The fraction of sp³-hybridized carbons (Fsp3) is 0.323. The summed E-state index contributed by atoms with van der Waals surface area (Å²) in [5.74, 6) is 0.811. The molecule has 8 rings (SSSR count). The van der Waals surface area contributed by atoms with Crippen LogP contribution in [0.15, 0.2) is 66.7 Å². The third-order valence-corrected chi connectivity index (χ3v) is 9.66. The number of likely N-dealkylation sites (tertiary alicyclic amines) is 1. The summed E-state index contributed by atoms with van der Waals surface area (Å²) in [7, 11) is 2.19. The number of amides is 1. The molecule has 186 valence electrons. The van der Waals surface area contributed by atoms with Gasteiger partial charge in [0, 0.05) is 28.9 Å². The van der Waals surface area contributed by atoms with E-state index in [9.17, 15) is 9.90 Å². The van der Waals surface area contributed by atoms with E-state index in [2.05, 4.69) is 46.5 Å². The van der Waals surface area contributed by atoms with E-state index < -0.39 is 11.0 Å². The molecule has 6 heteroatoms. The van der Waals surface area contributed by atoms with Crippen LogP contribution in [0.2, 0.25) is 0 Å². The molecule has 1 unspecified atom stereocenters. The molecule has 4 aromatic rings. The number of likely N-dealkylation sites (N-methyl/N-ethyl adjacent to an activating group) is 1. The number of piperidine rings is 1. The van der Waals surface area contributed by atoms with E-state index in [0.29, 0.717) is 12.2 Å². The van der Waals surface area contributed by atoms with Crippen LogP contribution in [0.5, 0.6) is 11.5 Å². The first-order valence-corrected chi connectivity index (χ1v) is 13.2. The van der Waals surface area contributed by atoms with Crippen molar-refractivity contribution in [1.29, 1.82) is 0 Å². The number of rotatable bonds is 3. The molecule has 1 spiro atoms. The lowest BCUT2D eigenvalue weighted by Gasteiger charge is -2.64. The van der Waals surface area contributed by atoms with Crippen LogP contribution < -0.4 is 10.1 Å². The van der Waals surface area contributed by atoms with Crippen LogP contribution in [0, 0.1) is 0 Å². The number of fused-ring (bicyclic) bond motifs is 4. The van der Waals surface area contributed by atoms with Gasteiger partial charge in [-0.1, -0.05) is 54.6 Å². The number of nitrogens with one attached hydrogen (secondary N) is 2. The highest BCUT2D eigenvalue weighted by Gasteiger charge is 2.73. The predicted octanol–water partition coefficient (Wildman–Crippen LogP) is 4.16. The van der Waals surface area contributed by atoms with Gasteiger partial charge >= 0.3 is 0 Å². The van der Waals surface area contributed by atoms with Crippen LogP contribution in [-0.2, 0) is 29.5 Å². The Morgan fingerprint density at radius 2 is 1.95 bits per heavy atom. The van der Waals surface area contributed by atoms with Gasteiger partial charge in [-0.25, -0.2) is 0 Å². The van der Waals surface area contributed by atoms with Gasteiger partial charge in [-0.05, 0) is 55.3 Å². The molecule has 3 heterocycles. The molecule has 1 amide bonds. The summed E-state index contributed by atoms with van der Waals surface area (Å²) < 4.78 is 6.77. The second kappa shape index (κ2) is 7.17. The molecular weight excluding hydrogens is 462 g/mol. The van der Waals surface area contributed by atoms with Gasteiger partial charge in [0.2, 0.25) is 5.91 Å². The number of ether oxygens (including phenoxy) is 1.